The van der Waals surface area contributed by atoms with E-state index in [1.54, 1.807) is 21.9 Å². The smallest absolute Gasteiger partial charge is 0.412 e. The highest BCUT2D eigenvalue weighted by Gasteiger charge is 2.45. The lowest BCUT2D eigenvalue weighted by Gasteiger charge is -2.44. The van der Waals surface area contributed by atoms with Gasteiger partial charge in [-0.2, -0.15) is 0 Å². The van der Waals surface area contributed by atoms with Crippen LogP contribution in [-0.2, 0) is 26.3 Å². The number of rotatable bonds is 5. The van der Waals surface area contributed by atoms with E-state index in [9.17, 15) is 14.4 Å². The van der Waals surface area contributed by atoms with Gasteiger partial charge in [0.25, 0.3) is 5.91 Å². The third-order valence-electron chi connectivity index (χ3n) is 9.51. The second-order valence-corrected chi connectivity index (χ2v) is 12.6. The molecule has 0 aromatic heterocycles. The Balaban J connectivity index is 1.16. The van der Waals surface area contributed by atoms with Gasteiger partial charge in [0.2, 0.25) is 0 Å². The van der Waals surface area contributed by atoms with Crippen molar-refractivity contribution in [2.24, 2.45) is 0 Å². The summed E-state index contributed by atoms with van der Waals surface area (Å²) in [5, 5.41) is 6.44. The molecule has 238 valence electrons. The summed E-state index contributed by atoms with van der Waals surface area (Å²) in [5.41, 5.74) is 8.17. The number of terminal acetylenes is 1. The number of anilines is 2. The number of nitrogens with zero attached hydrogens (tertiary/aromatic N) is 3. The summed E-state index contributed by atoms with van der Waals surface area (Å²) >= 11 is 6.36. The van der Waals surface area contributed by atoms with E-state index in [2.05, 4.69) is 21.5 Å². The molecule has 11 nitrogen and oxygen atoms in total. The number of amides is 3. The van der Waals surface area contributed by atoms with E-state index in [4.69, 9.17) is 33.2 Å². The molecule has 4 aliphatic rings. The van der Waals surface area contributed by atoms with Gasteiger partial charge < -0.3 is 30.3 Å². The highest BCUT2D eigenvalue weighted by atomic mass is 35.5. The number of halogens is 1. The van der Waals surface area contributed by atoms with E-state index in [1.165, 1.54) is 0 Å². The number of piperazine rings is 1. The number of likely N-dealkylation sites (tertiary alicyclic amines) is 1. The fourth-order valence-corrected chi connectivity index (χ4v) is 7.21. The number of piperidine rings is 2. The van der Waals surface area contributed by atoms with E-state index in [0.717, 1.165) is 44.6 Å². The van der Waals surface area contributed by atoms with Gasteiger partial charge in [-0.25, -0.2) is 9.59 Å². The van der Waals surface area contributed by atoms with Crippen LogP contribution in [0.1, 0.15) is 42.4 Å². The number of nitrogens with one attached hydrogen (secondary N) is 2. The van der Waals surface area contributed by atoms with Crippen molar-refractivity contribution in [2.45, 2.75) is 49.9 Å². The Morgan fingerprint density at radius 3 is 2.51 bits per heavy atom. The molecule has 0 aliphatic carbocycles. The molecule has 0 bridgehead atoms. The first-order valence-corrected chi connectivity index (χ1v) is 16.0. The lowest BCUT2D eigenvalue weighted by molar-refractivity contribution is -0.143. The molecular weight excluding hydrogens is 596 g/mol. The van der Waals surface area contributed by atoms with Gasteiger partial charge in [-0.05, 0) is 49.7 Å². The van der Waals surface area contributed by atoms with Crippen molar-refractivity contribution in [3.8, 4) is 12.3 Å². The van der Waals surface area contributed by atoms with E-state index in [1.807, 2.05) is 24.3 Å². The molecule has 12 heteroatoms. The number of fused-ring (bicyclic) bond motifs is 2. The first-order chi connectivity index (χ1) is 21.8. The Bertz CT molecular complexity index is 1490. The summed E-state index contributed by atoms with van der Waals surface area (Å²) in [7, 11) is 0. The normalized spacial score (nSPS) is 20.8. The number of hydrogen-bond donors (Lipinski definition) is 3. The second-order valence-electron chi connectivity index (χ2n) is 12.1. The van der Waals surface area contributed by atoms with Gasteiger partial charge in [0.1, 0.15) is 5.60 Å². The minimum Gasteiger partial charge on any atom is -0.438 e. The van der Waals surface area contributed by atoms with Crippen molar-refractivity contribution in [1.82, 2.24) is 20.0 Å². The molecule has 3 fully saturated rings. The molecular formula is C33H39ClN6O5. The molecule has 4 N–H and O–H groups in total. The van der Waals surface area contributed by atoms with Crippen LogP contribution in [0.3, 0.4) is 0 Å². The third-order valence-corrected chi connectivity index (χ3v) is 9.82. The monoisotopic (exact) mass is 634 g/mol. The molecule has 0 radical (unpaired) electrons. The van der Waals surface area contributed by atoms with E-state index in [-0.39, 0.29) is 17.4 Å². The van der Waals surface area contributed by atoms with Crippen molar-refractivity contribution < 1.29 is 23.9 Å². The molecule has 6 rings (SSSR count). The van der Waals surface area contributed by atoms with Crippen molar-refractivity contribution in [2.75, 3.05) is 63.4 Å². The Labute approximate surface area is 268 Å². The lowest BCUT2D eigenvalue weighted by Crippen LogP contribution is -2.56. The summed E-state index contributed by atoms with van der Waals surface area (Å²) in [6, 6.07) is 11.4. The molecule has 3 amide bonds. The molecule has 4 heterocycles. The number of nitrogen functional groups attached to an aromatic ring is 1. The zero-order valence-corrected chi connectivity index (χ0v) is 26.0. The van der Waals surface area contributed by atoms with Crippen LogP contribution >= 0.6 is 11.6 Å². The third kappa shape index (κ3) is 6.54. The van der Waals surface area contributed by atoms with Crippen LogP contribution < -0.4 is 16.4 Å². The zero-order chi connectivity index (χ0) is 31.6. The molecule has 45 heavy (non-hydrogen) atoms. The van der Waals surface area contributed by atoms with E-state index >= 15 is 0 Å². The minimum absolute atomic E-state index is 0.0994. The maximum atomic E-state index is 14.0. The number of para-hydroxylation sites is 1. The molecule has 3 saturated heterocycles. The minimum atomic E-state index is -1.08. The van der Waals surface area contributed by atoms with Gasteiger partial charge in [-0.1, -0.05) is 35.7 Å². The first-order valence-electron chi connectivity index (χ1n) is 15.6. The topological polar surface area (TPSA) is 129 Å². The Hall–Kier alpha value is -3.98. The van der Waals surface area contributed by atoms with Crippen molar-refractivity contribution in [1.29, 1.82) is 0 Å². The summed E-state index contributed by atoms with van der Waals surface area (Å²) in [5.74, 6) is 2.29. The van der Waals surface area contributed by atoms with Crippen LogP contribution in [0.15, 0.2) is 36.4 Å². The van der Waals surface area contributed by atoms with Crippen LogP contribution in [0.5, 0.6) is 0 Å². The molecule has 1 atom stereocenters. The van der Waals surface area contributed by atoms with Crippen LogP contribution in [0, 0.1) is 12.3 Å². The molecule has 0 saturated carbocycles. The van der Waals surface area contributed by atoms with Crippen LogP contribution in [0.25, 0.3) is 0 Å². The van der Waals surface area contributed by atoms with Gasteiger partial charge in [-0.15, -0.1) is 6.42 Å². The second kappa shape index (κ2) is 13.2. The van der Waals surface area contributed by atoms with Crippen molar-refractivity contribution in [3.63, 3.8) is 0 Å². The van der Waals surface area contributed by atoms with E-state index < -0.39 is 23.9 Å². The predicted octanol–water partition coefficient (Wildman–Crippen LogP) is 3.40. The number of carbonyl (C=O) groups is 3. The summed E-state index contributed by atoms with van der Waals surface area (Å²) < 4.78 is 11.8. The summed E-state index contributed by atoms with van der Waals surface area (Å²) in [4.78, 5) is 45.7. The molecule has 4 aliphatic heterocycles. The SMILES string of the molecule is C#Cc1cc(C[C@@H](OC(=O)N2CCC3(CC2)OC(=O)Nc2ccccc23)C(=O)N2CCN(C3CCNCC3)CC2)cc(Cl)c1N. The van der Waals surface area contributed by atoms with Gasteiger partial charge in [0, 0.05) is 75.7 Å². The molecule has 1 spiro atoms. The maximum Gasteiger partial charge on any atom is 0.412 e. The maximum absolute atomic E-state index is 14.0. The number of hydrogen-bond acceptors (Lipinski definition) is 8. The number of carbonyl (C=O) groups excluding carboxylic acids is 3. The standard InChI is InChI=1S/C33H39ClN6O5/c1-2-23-19-22(20-26(34)29(23)35)21-28(30(41)39-17-15-38(16-18-39)24-7-11-36-12-8-24)44-32(43)40-13-9-33(10-14-40)25-5-3-4-6-27(25)37-31(42)45-33/h1,3-6,19-20,24,28,36H,7-18,21,35H2,(H,37,42)/t28-/m1/s1. The van der Waals surface area contributed by atoms with Crippen LogP contribution in [-0.4, -0.2) is 97.3 Å². The lowest BCUT2D eigenvalue weighted by atomic mass is 9.82. The molecule has 0 unspecified atom stereocenters. The van der Waals surface area contributed by atoms with Crippen LogP contribution in [0.2, 0.25) is 5.02 Å². The van der Waals surface area contributed by atoms with Gasteiger partial charge in [-0.3, -0.25) is 15.0 Å². The fraction of sp³-hybridized carbons (Fsp3) is 0.485. The summed E-state index contributed by atoms with van der Waals surface area (Å²) in [6.07, 6.45) is 6.57. The fourth-order valence-electron chi connectivity index (χ4n) is 6.96. The van der Waals surface area contributed by atoms with Crippen molar-refractivity contribution >= 4 is 41.1 Å². The highest BCUT2D eigenvalue weighted by molar-refractivity contribution is 6.33. The molecule has 2 aromatic carbocycles. The largest absolute Gasteiger partial charge is 0.438 e. The Morgan fingerprint density at radius 2 is 1.80 bits per heavy atom. The zero-order valence-electron chi connectivity index (χ0n) is 25.2. The van der Waals surface area contributed by atoms with Crippen molar-refractivity contribution in [3.05, 3.63) is 58.1 Å². The molecule has 2 aromatic rings. The number of benzene rings is 2. The average molecular weight is 635 g/mol. The first kappa shape index (κ1) is 31.0. The Morgan fingerprint density at radius 1 is 1.09 bits per heavy atom. The predicted molar refractivity (Wildman–Crippen MR) is 171 cm³/mol. The quantitative estimate of drug-likeness (QED) is 0.337. The number of ether oxygens (including phenoxy) is 2. The van der Waals surface area contributed by atoms with Gasteiger partial charge >= 0.3 is 12.2 Å². The van der Waals surface area contributed by atoms with Crippen LogP contribution in [0.4, 0.5) is 21.0 Å². The number of nitrogens with two attached hydrogens (primary N) is 1. The van der Waals surface area contributed by atoms with Gasteiger partial charge in [0.05, 0.1) is 16.4 Å². The highest BCUT2D eigenvalue weighted by Crippen LogP contribution is 2.43. The summed E-state index contributed by atoms with van der Waals surface area (Å²) in [6.45, 7) is 5.27. The van der Waals surface area contributed by atoms with E-state index in [0.29, 0.717) is 67.6 Å². The van der Waals surface area contributed by atoms with Gasteiger partial charge in [0.15, 0.2) is 6.10 Å². The average Bonchev–Trinajstić information content (AvgIpc) is 3.06. The Kier molecular flexibility index (Phi) is 9.08.